The molecule has 3 aromatic rings. The van der Waals surface area contributed by atoms with Crippen molar-refractivity contribution >= 4 is 5.91 Å². The molecule has 3 rings (SSSR count). The minimum atomic E-state index is -5.24. The highest BCUT2D eigenvalue weighted by Crippen LogP contribution is 2.40. The fraction of sp³-hybridized carbons (Fsp3) is 0.321. The number of alkyl halides is 3. The van der Waals surface area contributed by atoms with Crippen molar-refractivity contribution in [2.24, 2.45) is 5.73 Å². The predicted molar refractivity (Wildman–Crippen MR) is 139 cm³/mol. The van der Waals surface area contributed by atoms with Crippen LogP contribution in [-0.4, -0.2) is 54.1 Å². The third kappa shape index (κ3) is 6.69. The van der Waals surface area contributed by atoms with E-state index in [1.54, 1.807) is 13.8 Å². The maximum atomic E-state index is 14.4. The van der Waals surface area contributed by atoms with Crippen molar-refractivity contribution < 1.29 is 37.7 Å². The molecule has 2 aromatic carbocycles. The standard InChI is InChI=1S/C28H29F3N4O5/c1-26(2,33)20-13-21(18-6-4-17(15-32)5-7-18)35-24(14-20)27(38,28(29,30)31)16-34-25(37)19-8-9-22(40-11-10-36)23(12-19)39-3/h4-9,12-14,36,38H,10-11,16,33H2,1-3H3,(H,34,37). The first-order valence-corrected chi connectivity index (χ1v) is 12.0. The van der Waals surface area contributed by atoms with E-state index in [1.807, 2.05) is 6.07 Å². The van der Waals surface area contributed by atoms with Crippen LogP contribution in [0.1, 0.15) is 41.0 Å². The van der Waals surface area contributed by atoms with Crippen LogP contribution in [0.25, 0.3) is 11.3 Å². The number of halogens is 3. The second-order valence-corrected chi connectivity index (χ2v) is 9.52. The summed E-state index contributed by atoms with van der Waals surface area (Å²) >= 11 is 0. The molecule has 0 spiro atoms. The van der Waals surface area contributed by atoms with E-state index >= 15 is 0 Å². The topological polar surface area (TPSA) is 151 Å². The Kier molecular flexibility index (Phi) is 9.04. The Morgan fingerprint density at radius 1 is 1.10 bits per heavy atom. The number of methoxy groups -OCH3 is 1. The number of nitrogens with two attached hydrogens (primary N) is 1. The summed E-state index contributed by atoms with van der Waals surface area (Å²) in [5.41, 5.74) is 1.79. The van der Waals surface area contributed by atoms with Crippen molar-refractivity contribution in [3.8, 4) is 28.8 Å². The van der Waals surface area contributed by atoms with Crippen LogP contribution in [0.4, 0.5) is 13.2 Å². The molecule has 0 saturated heterocycles. The van der Waals surface area contributed by atoms with Gasteiger partial charge in [0.15, 0.2) is 11.5 Å². The normalized spacial score (nSPS) is 13.2. The summed E-state index contributed by atoms with van der Waals surface area (Å²) in [5.74, 6) is -0.572. The molecular formula is C28H29F3N4O5. The van der Waals surface area contributed by atoms with Gasteiger partial charge in [0.1, 0.15) is 6.61 Å². The Morgan fingerprint density at radius 2 is 1.77 bits per heavy atom. The fourth-order valence-electron chi connectivity index (χ4n) is 3.71. The lowest BCUT2D eigenvalue weighted by atomic mass is 9.89. The number of aromatic nitrogens is 1. The smallest absolute Gasteiger partial charge is 0.424 e. The van der Waals surface area contributed by atoms with Gasteiger partial charge in [-0.1, -0.05) is 12.1 Å². The number of rotatable bonds is 10. The van der Waals surface area contributed by atoms with Crippen molar-refractivity contribution in [3.05, 3.63) is 77.0 Å². The van der Waals surface area contributed by atoms with E-state index in [0.717, 1.165) is 6.07 Å². The zero-order chi connectivity index (χ0) is 29.7. The quantitative estimate of drug-likeness (QED) is 0.296. The molecule has 0 aliphatic heterocycles. The van der Waals surface area contributed by atoms with Gasteiger partial charge in [-0.2, -0.15) is 18.4 Å². The molecule has 9 nitrogen and oxygen atoms in total. The fourth-order valence-corrected chi connectivity index (χ4v) is 3.71. The Hall–Kier alpha value is -4.18. The zero-order valence-corrected chi connectivity index (χ0v) is 22.0. The molecule has 1 unspecified atom stereocenters. The van der Waals surface area contributed by atoms with Gasteiger partial charge >= 0.3 is 6.18 Å². The third-order valence-electron chi connectivity index (χ3n) is 6.05. The van der Waals surface area contributed by atoms with Crippen LogP contribution in [0.3, 0.4) is 0 Å². The average molecular weight is 559 g/mol. The highest BCUT2D eigenvalue weighted by Gasteiger charge is 2.56. The molecule has 0 fully saturated rings. The van der Waals surface area contributed by atoms with E-state index in [4.69, 9.17) is 25.6 Å². The van der Waals surface area contributed by atoms with Crippen molar-refractivity contribution in [2.45, 2.75) is 31.2 Å². The van der Waals surface area contributed by atoms with Gasteiger partial charge in [0.2, 0.25) is 5.60 Å². The predicted octanol–water partition coefficient (Wildman–Crippen LogP) is 3.37. The number of amides is 1. The molecule has 212 valence electrons. The number of nitriles is 1. The van der Waals surface area contributed by atoms with Crippen LogP contribution < -0.4 is 20.5 Å². The molecule has 1 amide bonds. The molecule has 0 aliphatic carbocycles. The van der Waals surface area contributed by atoms with Crippen LogP contribution in [-0.2, 0) is 11.1 Å². The first-order valence-electron chi connectivity index (χ1n) is 12.0. The lowest BCUT2D eigenvalue weighted by Gasteiger charge is -2.32. The maximum absolute atomic E-state index is 14.4. The summed E-state index contributed by atoms with van der Waals surface area (Å²) < 4.78 is 53.7. The van der Waals surface area contributed by atoms with Crippen LogP contribution in [0, 0.1) is 11.3 Å². The average Bonchev–Trinajstić information content (AvgIpc) is 2.93. The number of hydrogen-bond donors (Lipinski definition) is 4. The first kappa shape index (κ1) is 30.4. The van der Waals surface area contributed by atoms with Gasteiger partial charge in [-0.15, -0.1) is 0 Å². The van der Waals surface area contributed by atoms with Gasteiger partial charge in [-0.25, -0.2) is 4.98 Å². The Bertz CT molecular complexity index is 1400. The van der Waals surface area contributed by atoms with Gasteiger partial charge < -0.3 is 30.7 Å². The second kappa shape index (κ2) is 11.9. The molecule has 1 aromatic heterocycles. The van der Waals surface area contributed by atoms with Crippen molar-refractivity contribution in [2.75, 3.05) is 26.9 Å². The van der Waals surface area contributed by atoms with E-state index in [1.165, 1.54) is 55.6 Å². The highest BCUT2D eigenvalue weighted by atomic mass is 19.4. The van der Waals surface area contributed by atoms with E-state index in [0.29, 0.717) is 11.1 Å². The van der Waals surface area contributed by atoms with Gasteiger partial charge in [0, 0.05) is 16.7 Å². The molecule has 5 N–H and O–H groups in total. The summed E-state index contributed by atoms with van der Waals surface area (Å²) in [6, 6.07) is 14.5. The van der Waals surface area contributed by atoms with Crippen molar-refractivity contribution in [1.82, 2.24) is 10.3 Å². The lowest BCUT2D eigenvalue weighted by molar-refractivity contribution is -0.265. The van der Waals surface area contributed by atoms with Gasteiger partial charge in [0.25, 0.3) is 5.91 Å². The number of pyridine rings is 1. The molecule has 0 aliphatic rings. The van der Waals surface area contributed by atoms with Crippen LogP contribution >= 0.6 is 0 Å². The van der Waals surface area contributed by atoms with E-state index in [-0.39, 0.29) is 41.5 Å². The van der Waals surface area contributed by atoms with Crippen LogP contribution in [0.5, 0.6) is 11.5 Å². The largest absolute Gasteiger partial charge is 0.493 e. The van der Waals surface area contributed by atoms with Gasteiger partial charge in [0.05, 0.1) is 43.3 Å². The minimum Gasteiger partial charge on any atom is -0.493 e. The lowest BCUT2D eigenvalue weighted by Crippen LogP contribution is -2.51. The van der Waals surface area contributed by atoms with Crippen LogP contribution in [0.2, 0.25) is 0 Å². The van der Waals surface area contributed by atoms with Crippen molar-refractivity contribution in [3.63, 3.8) is 0 Å². The number of nitrogens with one attached hydrogen (secondary N) is 1. The van der Waals surface area contributed by atoms with Gasteiger partial charge in [-0.3, -0.25) is 4.79 Å². The Labute approximate surface area is 229 Å². The van der Waals surface area contributed by atoms with Gasteiger partial charge in [-0.05, 0) is 61.9 Å². The summed E-state index contributed by atoms with van der Waals surface area (Å²) in [5, 5.41) is 31.2. The summed E-state index contributed by atoms with van der Waals surface area (Å²) in [4.78, 5) is 16.9. The van der Waals surface area contributed by atoms with Crippen molar-refractivity contribution in [1.29, 1.82) is 5.26 Å². The number of carbonyl (C=O) groups excluding carboxylic acids is 1. The minimum absolute atomic E-state index is 0.0311. The number of benzene rings is 2. The molecule has 1 atom stereocenters. The number of aliphatic hydroxyl groups excluding tert-OH is 1. The summed E-state index contributed by atoms with van der Waals surface area (Å²) in [6.07, 6.45) is -5.24. The first-order chi connectivity index (χ1) is 18.7. The number of nitrogens with zero attached hydrogens (tertiary/aromatic N) is 2. The SMILES string of the molecule is COc1cc(C(=O)NCC(O)(c2cc(C(C)(C)N)cc(-c3ccc(C#N)cc3)n2)C(F)(F)F)ccc1OCCO. The van der Waals surface area contributed by atoms with Crippen LogP contribution in [0.15, 0.2) is 54.6 Å². The number of carbonyl (C=O) groups is 1. The molecule has 0 radical (unpaired) electrons. The summed E-state index contributed by atoms with van der Waals surface area (Å²) in [7, 11) is 1.31. The summed E-state index contributed by atoms with van der Waals surface area (Å²) in [6.45, 7) is 1.63. The monoisotopic (exact) mass is 558 g/mol. The highest BCUT2D eigenvalue weighted by molar-refractivity contribution is 5.95. The second-order valence-electron chi connectivity index (χ2n) is 9.52. The third-order valence-corrected chi connectivity index (χ3v) is 6.05. The number of ether oxygens (including phenoxy) is 2. The zero-order valence-electron chi connectivity index (χ0n) is 22.0. The Morgan fingerprint density at radius 3 is 2.33 bits per heavy atom. The molecule has 40 heavy (non-hydrogen) atoms. The maximum Gasteiger partial charge on any atom is 0.424 e. The molecule has 0 saturated carbocycles. The van der Waals surface area contributed by atoms with E-state index < -0.39 is 35.5 Å². The number of aliphatic hydroxyl groups is 2. The van der Waals surface area contributed by atoms with E-state index in [9.17, 15) is 23.1 Å². The molecule has 0 bridgehead atoms. The molecule has 12 heteroatoms. The number of hydrogen-bond acceptors (Lipinski definition) is 8. The molecular weight excluding hydrogens is 529 g/mol. The Balaban J connectivity index is 2.01. The molecule has 1 heterocycles. The van der Waals surface area contributed by atoms with E-state index in [2.05, 4.69) is 10.3 Å².